The standard InChI is InChI=1S/C24H31ClN4O5/c1-24(2,3)34-23(32)27-18(13-14-5-11-17(30)12-6-14)21-28-19(20(25)29-21)15-7-9-16(10-8-15)26-22(31)33-4/h7-10,14,18H,5-6,11-13H2,1-4H3,(H,26,31)(H,27,32)(H,28,29). The molecule has 1 fully saturated rings. The quantitative estimate of drug-likeness (QED) is 0.482. The van der Waals surface area contributed by atoms with Crippen molar-refractivity contribution in [1.29, 1.82) is 0 Å². The number of ether oxygens (including phenoxy) is 2. The molecule has 0 radical (unpaired) electrons. The van der Waals surface area contributed by atoms with Crippen LogP contribution in [0.1, 0.15) is 64.7 Å². The largest absolute Gasteiger partial charge is 0.453 e. The molecule has 10 heteroatoms. The van der Waals surface area contributed by atoms with Crippen LogP contribution in [0.5, 0.6) is 0 Å². The van der Waals surface area contributed by atoms with Crippen LogP contribution in [0.3, 0.4) is 0 Å². The summed E-state index contributed by atoms with van der Waals surface area (Å²) in [6.07, 6.45) is 2.17. The Hall–Kier alpha value is -3.07. The number of anilines is 1. The van der Waals surface area contributed by atoms with E-state index in [2.05, 4.69) is 25.3 Å². The van der Waals surface area contributed by atoms with Gasteiger partial charge in [-0.3, -0.25) is 10.1 Å². The zero-order valence-electron chi connectivity index (χ0n) is 19.9. The zero-order valence-corrected chi connectivity index (χ0v) is 20.6. The van der Waals surface area contributed by atoms with Gasteiger partial charge in [0.05, 0.1) is 13.2 Å². The van der Waals surface area contributed by atoms with E-state index in [-0.39, 0.29) is 11.7 Å². The third-order valence-corrected chi connectivity index (χ3v) is 5.79. The summed E-state index contributed by atoms with van der Waals surface area (Å²) in [5.41, 5.74) is 1.19. The first-order valence-electron chi connectivity index (χ1n) is 11.3. The highest BCUT2D eigenvalue weighted by atomic mass is 35.5. The normalized spacial score (nSPS) is 15.5. The van der Waals surface area contributed by atoms with Crippen LogP contribution in [-0.2, 0) is 14.3 Å². The molecule has 3 rings (SSSR count). The van der Waals surface area contributed by atoms with E-state index in [1.165, 1.54) is 7.11 Å². The van der Waals surface area contributed by atoms with Gasteiger partial charge in [0.25, 0.3) is 0 Å². The molecule has 0 spiro atoms. The Kier molecular flexibility index (Phi) is 8.19. The lowest BCUT2D eigenvalue weighted by Crippen LogP contribution is -2.36. The molecule has 34 heavy (non-hydrogen) atoms. The van der Waals surface area contributed by atoms with Gasteiger partial charge in [-0.15, -0.1) is 0 Å². The predicted molar refractivity (Wildman–Crippen MR) is 129 cm³/mol. The number of imidazole rings is 1. The van der Waals surface area contributed by atoms with Gasteiger partial charge < -0.3 is 19.8 Å². The van der Waals surface area contributed by atoms with Gasteiger partial charge in [0.1, 0.15) is 28.1 Å². The Labute approximate surface area is 204 Å². The van der Waals surface area contributed by atoms with Crippen molar-refractivity contribution in [3.8, 4) is 11.3 Å². The van der Waals surface area contributed by atoms with E-state index in [0.717, 1.165) is 18.4 Å². The minimum absolute atomic E-state index is 0.272. The van der Waals surface area contributed by atoms with Crippen molar-refractivity contribution in [2.45, 2.75) is 64.5 Å². The van der Waals surface area contributed by atoms with Crippen molar-refractivity contribution in [3.63, 3.8) is 0 Å². The number of alkyl carbamates (subject to hydrolysis) is 1. The molecule has 1 aliphatic rings. The van der Waals surface area contributed by atoms with Crippen LogP contribution in [0, 0.1) is 5.92 Å². The van der Waals surface area contributed by atoms with Crippen molar-refractivity contribution in [3.05, 3.63) is 35.2 Å². The second kappa shape index (κ2) is 10.9. The Morgan fingerprint density at radius 2 is 1.82 bits per heavy atom. The van der Waals surface area contributed by atoms with E-state index in [4.69, 9.17) is 16.3 Å². The number of aromatic nitrogens is 2. The summed E-state index contributed by atoms with van der Waals surface area (Å²) in [6, 6.07) is 6.53. The summed E-state index contributed by atoms with van der Waals surface area (Å²) in [7, 11) is 1.29. The molecule has 1 aromatic heterocycles. The van der Waals surface area contributed by atoms with Crippen LogP contribution in [-0.4, -0.2) is 40.6 Å². The number of carbonyl (C=O) groups is 3. The average Bonchev–Trinajstić information content (AvgIpc) is 3.15. The minimum Gasteiger partial charge on any atom is -0.453 e. The van der Waals surface area contributed by atoms with Crippen molar-refractivity contribution in [1.82, 2.24) is 15.3 Å². The van der Waals surface area contributed by atoms with Crippen molar-refractivity contribution in [2.75, 3.05) is 12.4 Å². The molecule has 1 heterocycles. The summed E-state index contributed by atoms with van der Waals surface area (Å²) >= 11 is 6.48. The first-order chi connectivity index (χ1) is 16.0. The third kappa shape index (κ3) is 7.21. The lowest BCUT2D eigenvalue weighted by Gasteiger charge is -2.27. The molecule has 1 aromatic carbocycles. The highest BCUT2D eigenvalue weighted by Gasteiger charge is 2.28. The maximum Gasteiger partial charge on any atom is 0.411 e. The van der Waals surface area contributed by atoms with E-state index in [1.807, 2.05) is 0 Å². The number of H-pyrrole nitrogens is 1. The van der Waals surface area contributed by atoms with Crippen LogP contribution in [0.25, 0.3) is 11.3 Å². The second-order valence-corrected chi connectivity index (χ2v) is 9.77. The van der Waals surface area contributed by atoms with E-state index in [0.29, 0.717) is 41.6 Å². The first kappa shape index (κ1) is 25.6. The monoisotopic (exact) mass is 490 g/mol. The highest BCUT2D eigenvalue weighted by Crippen LogP contribution is 2.33. The minimum atomic E-state index is -0.641. The molecule has 1 aliphatic carbocycles. The van der Waals surface area contributed by atoms with Gasteiger partial charge in [-0.25, -0.2) is 14.6 Å². The fraction of sp³-hybridized carbons (Fsp3) is 0.500. The Balaban J connectivity index is 1.81. The van der Waals surface area contributed by atoms with Crippen LogP contribution in [0.15, 0.2) is 24.3 Å². The number of benzene rings is 1. The van der Waals surface area contributed by atoms with Crippen LogP contribution >= 0.6 is 11.6 Å². The maximum absolute atomic E-state index is 12.5. The molecule has 1 unspecified atom stereocenters. The molecule has 3 N–H and O–H groups in total. The number of amides is 2. The fourth-order valence-corrected chi connectivity index (χ4v) is 4.11. The van der Waals surface area contributed by atoms with Gasteiger partial charge in [-0.2, -0.15) is 0 Å². The van der Waals surface area contributed by atoms with Gasteiger partial charge in [-0.05, 0) is 58.1 Å². The Bertz CT molecular complexity index is 1020. The summed E-state index contributed by atoms with van der Waals surface area (Å²) in [5, 5.41) is 5.84. The number of carbonyl (C=O) groups excluding carboxylic acids is 3. The highest BCUT2D eigenvalue weighted by molar-refractivity contribution is 6.31. The van der Waals surface area contributed by atoms with Gasteiger partial charge in [0.2, 0.25) is 0 Å². The van der Waals surface area contributed by atoms with Gasteiger partial charge in [0, 0.05) is 24.1 Å². The molecule has 1 atom stereocenters. The molecule has 9 nitrogen and oxygen atoms in total. The fourth-order valence-electron chi connectivity index (χ4n) is 3.86. The number of aromatic amines is 1. The summed E-state index contributed by atoms with van der Waals surface area (Å²) in [4.78, 5) is 43.4. The number of hydrogen-bond donors (Lipinski definition) is 3. The molecule has 0 bridgehead atoms. The van der Waals surface area contributed by atoms with E-state index in [9.17, 15) is 14.4 Å². The van der Waals surface area contributed by atoms with E-state index < -0.39 is 23.8 Å². The topological polar surface area (TPSA) is 122 Å². The van der Waals surface area contributed by atoms with Gasteiger partial charge in [0.15, 0.2) is 0 Å². The number of methoxy groups -OCH3 is 1. The second-order valence-electron chi connectivity index (χ2n) is 9.40. The molecule has 1 saturated carbocycles. The maximum atomic E-state index is 12.5. The lowest BCUT2D eigenvalue weighted by molar-refractivity contribution is -0.121. The molecule has 2 aromatic rings. The number of nitrogens with one attached hydrogen (secondary N) is 3. The summed E-state index contributed by atoms with van der Waals surface area (Å²) < 4.78 is 10.0. The van der Waals surface area contributed by atoms with Crippen LogP contribution in [0.4, 0.5) is 15.3 Å². The number of nitrogens with zero attached hydrogens (tertiary/aromatic N) is 1. The van der Waals surface area contributed by atoms with Crippen LogP contribution in [0.2, 0.25) is 5.15 Å². The molecule has 0 saturated heterocycles. The lowest BCUT2D eigenvalue weighted by atomic mass is 9.84. The summed E-state index contributed by atoms with van der Waals surface area (Å²) in [5.74, 6) is 1.06. The van der Waals surface area contributed by atoms with Crippen molar-refractivity contribution in [2.24, 2.45) is 5.92 Å². The number of hydrogen-bond acceptors (Lipinski definition) is 6. The number of ketones is 1. The molecule has 0 aliphatic heterocycles. The van der Waals surface area contributed by atoms with Crippen molar-refractivity contribution >= 4 is 35.3 Å². The SMILES string of the molecule is COC(=O)Nc1ccc(-c2nc(C(CC3CCC(=O)CC3)NC(=O)OC(C)(C)C)[nH]c2Cl)cc1. The Morgan fingerprint density at radius 3 is 2.41 bits per heavy atom. The van der Waals surface area contributed by atoms with Gasteiger partial charge in [-0.1, -0.05) is 23.7 Å². The zero-order chi connectivity index (χ0) is 24.9. The Morgan fingerprint density at radius 1 is 1.18 bits per heavy atom. The molecule has 2 amide bonds. The van der Waals surface area contributed by atoms with Crippen molar-refractivity contribution < 1.29 is 23.9 Å². The number of halogens is 1. The predicted octanol–water partition coefficient (Wildman–Crippen LogP) is 5.62. The summed E-state index contributed by atoms with van der Waals surface area (Å²) in [6.45, 7) is 5.40. The molecule has 184 valence electrons. The molecular formula is C24H31ClN4O5. The number of rotatable bonds is 6. The smallest absolute Gasteiger partial charge is 0.411 e. The number of Topliss-reactive ketones (excluding diaryl/α,β-unsaturated/α-hetero) is 1. The third-order valence-electron chi connectivity index (χ3n) is 5.52. The first-order valence-corrected chi connectivity index (χ1v) is 11.6. The van der Waals surface area contributed by atoms with Crippen LogP contribution < -0.4 is 10.6 Å². The van der Waals surface area contributed by atoms with E-state index >= 15 is 0 Å². The molecular weight excluding hydrogens is 460 g/mol. The van der Waals surface area contributed by atoms with E-state index in [1.54, 1.807) is 45.0 Å². The van der Waals surface area contributed by atoms with Gasteiger partial charge >= 0.3 is 12.2 Å². The average molecular weight is 491 g/mol.